The Labute approximate surface area is 112 Å². The molecule has 1 aromatic carbocycles. The molecule has 0 heterocycles. The Morgan fingerprint density at radius 3 is 2.58 bits per heavy atom. The van der Waals surface area contributed by atoms with E-state index in [1.165, 1.54) is 4.90 Å². The van der Waals surface area contributed by atoms with E-state index < -0.39 is 0 Å². The smallest absolute Gasteiger partial charge is 0.307 e. The van der Waals surface area contributed by atoms with E-state index in [9.17, 15) is 9.59 Å². The summed E-state index contributed by atoms with van der Waals surface area (Å²) in [5, 5.41) is 8.60. The lowest BCUT2D eigenvalue weighted by molar-refractivity contribution is -0.142. The van der Waals surface area contributed by atoms with E-state index in [1.807, 2.05) is 12.1 Å². The first kappa shape index (κ1) is 14.7. The number of para-hydroxylation sites is 1. The fraction of sp³-hybridized carbons (Fsp3) is 0.357. The number of benzene rings is 1. The predicted molar refractivity (Wildman–Crippen MR) is 70.3 cm³/mol. The molecular weight excluding hydrogens is 244 g/mol. The topological polar surface area (TPSA) is 70.4 Å². The third-order valence-corrected chi connectivity index (χ3v) is 2.44. The van der Waals surface area contributed by atoms with Crippen LogP contribution in [0, 0.1) is 11.3 Å². The zero-order valence-corrected chi connectivity index (χ0v) is 10.8. The second-order valence-corrected chi connectivity index (χ2v) is 3.77. The van der Waals surface area contributed by atoms with E-state index in [0.29, 0.717) is 12.3 Å². The first-order valence-corrected chi connectivity index (χ1v) is 6.07. The Kier molecular flexibility index (Phi) is 6.10. The van der Waals surface area contributed by atoms with Gasteiger partial charge < -0.3 is 9.64 Å². The number of hydrogen-bond donors (Lipinski definition) is 0. The van der Waals surface area contributed by atoms with E-state index in [0.717, 1.165) is 0 Å². The predicted octanol–water partition coefficient (Wildman–Crippen LogP) is 1.89. The van der Waals surface area contributed by atoms with E-state index in [1.54, 1.807) is 31.2 Å². The van der Waals surface area contributed by atoms with Crippen LogP contribution in [0.1, 0.15) is 19.8 Å². The maximum atomic E-state index is 11.9. The monoisotopic (exact) mass is 260 g/mol. The molecule has 0 unspecified atom stereocenters. The van der Waals surface area contributed by atoms with Gasteiger partial charge in [-0.1, -0.05) is 18.2 Å². The maximum Gasteiger partial charge on any atom is 0.307 e. The van der Waals surface area contributed by atoms with Gasteiger partial charge in [0.25, 0.3) is 0 Å². The maximum absolute atomic E-state index is 11.9. The first-order valence-electron chi connectivity index (χ1n) is 6.07. The molecule has 1 rings (SSSR count). The highest BCUT2D eigenvalue weighted by Crippen LogP contribution is 2.15. The Morgan fingerprint density at radius 1 is 1.32 bits per heavy atom. The molecule has 0 radical (unpaired) electrons. The van der Waals surface area contributed by atoms with Crippen molar-refractivity contribution in [2.75, 3.05) is 18.1 Å². The average molecular weight is 260 g/mol. The SMILES string of the molecule is CCOC(=O)CCN(C(=O)CC#N)c1ccccc1. The van der Waals surface area contributed by atoms with Gasteiger partial charge in [-0.05, 0) is 19.1 Å². The van der Waals surface area contributed by atoms with Gasteiger partial charge >= 0.3 is 5.97 Å². The lowest BCUT2D eigenvalue weighted by atomic mass is 10.2. The number of ether oxygens (including phenoxy) is 1. The number of esters is 1. The largest absolute Gasteiger partial charge is 0.466 e. The van der Waals surface area contributed by atoms with Crippen LogP contribution in [0.25, 0.3) is 0 Å². The molecule has 5 heteroatoms. The molecule has 0 atom stereocenters. The standard InChI is InChI=1S/C14H16N2O3/c1-2-19-14(18)9-11-16(13(17)8-10-15)12-6-4-3-5-7-12/h3-7H,2,8-9,11H2,1H3. The van der Waals surface area contributed by atoms with E-state index in [-0.39, 0.29) is 31.3 Å². The Morgan fingerprint density at radius 2 is 2.00 bits per heavy atom. The highest BCUT2D eigenvalue weighted by molar-refractivity contribution is 5.95. The van der Waals surface area contributed by atoms with Crippen LogP contribution in [-0.2, 0) is 14.3 Å². The molecule has 0 aromatic heterocycles. The number of nitrogens with zero attached hydrogens (tertiary/aromatic N) is 2. The zero-order chi connectivity index (χ0) is 14.1. The number of hydrogen-bond acceptors (Lipinski definition) is 4. The van der Waals surface area contributed by atoms with Gasteiger partial charge in [0.1, 0.15) is 6.42 Å². The van der Waals surface area contributed by atoms with Gasteiger partial charge in [0.15, 0.2) is 0 Å². The number of nitriles is 1. The molecule has 0 aliphatic carbocycles. The molecule has 5 nitrogen and oxygen atoms in total. The quantitative estimate of drug-likeness (QED) is 0.732. The Hall–Kier alpha value is -2.35. The Balaban J connectivity index is 2.74. The van der Waals surface area contributed by atoms with Crippen molar-refractivity contribution in [1.82, 2.24) is 0 Å². The fourth-order valence-electron chi connectivity index (χ4n) is 1.61. The molecule has 0 bridgehead atoms. The summed E-state index contributed by atoms with van der Waals surface area (Å²) in [7, 11) is 0. The summed E-state index contributed by atoms with van der Waals surface area (Å²) >= 11 is 0. The number of anilines is 1. The van der Waals surface area contributed by atoms with Gasteiger partial charge in [0.2, 0.25) is 5.91 Å². The van der Waals surface area contributed by atoms with Crippen LogP contribution in [0.5, 0.6) is 0 Å². The van der Waals surface area contributed by atoms with Crippen molar-refractivity contribution in [2.24, 2.45) is 0 Å². The van der Waals surface area contributed by atoms with Gasteiger partial charge in [-0.25, -0.2) is 0 Å². The average Bonchev–Trinajstić information content (AvgIpc) is 2.41. The van der Waals surface area contributed by atoms with Crippen LogP contribution in [0.15, 0.2) is 30.3 Å². The number of carbonyl (C=O) groups excluding carboxylic acids is 2. The van der Waals surface area contributed by atoms with Crippen LogP contribution in [0.4, 0.5) is 5.69 Å². The number of amides is 1. The molecule has 1 aromatic rings. The van der Waals surface area contributed by atoms with E-state index >= 15 is 0 Å². The normalized spacial score (nSPS) is 9.47. The van der Waals surface area contributed by atoms with Gasteiger partial charge in [0.05, 0.1) is 19.1 Å². The fourth-order valence-corrected chi connectivity index (χ4v) is 1.61. The van der Waals surface area contributed by atoms with Crippen molar-refractivity contribution >= 4 is 17.6 Å². The van der Waals surface area contributed by atoms with Gasteiger partial charge in [0, 0.05) is 12.2 Å². The third kappa shape index (κ3) is 4.80. The molecule has 0 saturated carbocycles. The van der Waals surface area contributed by atoms with Gasteiger partial charge in [-0.3, -0.25) is 9.59 Å². The van der Waals surface area contributed by atoms with Crippen LogP contribution in [-0.4, -0.2) is 25.0 Å². The number of rotatable bonds is 6. The molecule has 0 aliphatic heterocycles. The molecule has 0 fully saturated rings. The highest BCUT2D eigenvalue weighted by Gasteiger charge is 2.16. The third-order valence-electron chi connectivity index (χ3n) is 2.44. The molecule has 0 N–H and O–H groups in total. The van der Waals surface area contributed by atoms with Crippen molar-refractivity contribution in [3.63, 3.8) is 0 Å². The van der Waals surface area contributed by atoms with Crippen LogP contribution < -0.4 is 4.90 Å². The summed E-state index contributed by atoms with van der Waals surface area (Å²) in [5.41, 5.74) is 0.673. The summed E-state index contributed by atoms with van der Waals surface area (Å²) in [5.74, 6) is -0.675. The minimum Gasteiger partial charge on any atom is -0.466 e. The summed E-state index contributed by atoms with van der Waals surface area (Å²) in [4.78, 5) is 24.6. The zero-order valence-electron chi connectivity index (χ0n) is 10.8. The molecule has 19 heavy (non-hydrogen) atoms. The van der Waals surface area contributed by atoms with Crippen molar-refractivity contribution < 1.29 is 14.3 Å². The van der Waals surface area contributed by atoms with Crippen molar-refractivity contribution in [1.29, 1.82) is 5.26 Å². The lowest BCUT2D eigenvalue weighted by Gasteiger charge is -2.21. The number of carbonyl (C=O) groups is 2. The van der Waals surface area contributed by atoms with Gasteiger partial charge in [-0.15, -0.1) is 0 Å². The highest BCUT2D eigenvalue weighted by atomic mass is 16.5. The van der Waals surface area contributed by atoms with Crippen molar-refractivity contribution in [3.8, 4) is 6.07 Å². The molecular formula is C14H16N2O3. The second kappa shape index (κ2) is 7.88. The van der Waals surface area contributed by atoms with Crippen LogP contribution >= 0.6 is 0 Å². The molecule has 100 valence electrons. The first-order chi connectivity index (χ1) is 9.19. The summed E-state index contributed by atoms with van der Waals surface area (Å²) in [6, 6.07) is 10.8. The Bertz CT molecular complexity index is 465. The summed E-state index contributed by atoms with van der Waals surface area (Å²) in [6.45, 7) is 2.26. The lowest BCUT2D eigenvalue weighted by Crippen LogP contribution is -2.32. The molecule has 0 aliphatic rings. The molecule has 0 saturated heterocycles. The van der Waals surface area contributed by atoms with E-state index in [4.69, 9.17) is 10.00 Å². The van der Waals surface area contributed by atoms with Crippen molar-refractivity contribution in [2.45, 2.75) is 19.8 Å². The van der Waals surface area contributed by atoms with E-state index in [2.05, 4.69) is 0 Å². The minimum atomic E-state index is -0.354. The van der Waals surface area contributed by atoms with Crippen LogP contribution in [0.3, 0.4) is 0 Å². The summed E-state index contributed by atoms with van der Waals surface area (Å²) in [6.07, 6.45) is -0.0996. The van der Waals surface area contributed by atoms with Crippen LogP contribution in [0.2, 0.25) is 0 Å². The minimum absolute atomic E-state index is 0.111. The van der Waals surface area contributed by atoms with Gasteiger partial charge in [-0.2, -0.15) is 5.26 Å². The second-order valence-electron chi connectivity index (χ2n) is 3.77. The summed E-state index contributed by atoms with van der Waals surface area (Å²) < 4.78 is 4.83. The molecule has 1 amide bonds. The van der Waals surface area contributed by atoms with Crippen molar-refractivity contribution in [3.05, 3.63) is 30.3 Å². The molecule has 0 spiro atoms.